The van der Waals surface area contributed by atoms with Gasteiger partial charge in [0, 0.05) is 6.54 Å². The summed E-state index contributed by atoms with van der Waals surface area (Å²) in [4.78, 5) is 9.46. The first-order valence-corrected chi connectivity index (χ1v) is 8.36. The normalized spacial score (nSPS) is 18.0. The van der Waals surface area contributed by atoms with E-state index in [1.807, 2.05) is 25.1 Å². The van der Waals surface area contributed by atoms with E-state index in [4.69, 9.17) is 4.98 Å². The predicted octanol–water partition coefficient (Wildman–Crippen LogP) is 3.16. The maximum Gasteiger partial charge on any atom is 0.157 e. The lowest BCUT2D eigenvalue weighted by Crippen LogP contribution is -2.41. The molecule has 1 unspecified atom stereocenters. The SMILES string of the molecule is Cc1cc(N2CCCC2N(C)C)n2c(nc3ccccc32)c1C#N. The Hall–Kier alpha value is -2.58. The molecule has 0 amide bonds. The van der Waals surface area contributed by atoms with Crippen LogP contribution < -0.4 is 4.90 Å². The topological polar surface area (TPSA) is 47.6 Å². The summed E-state index contributed by atoms with van der Waals surface area (Å²) in [6, 6.07) is 12.6. The lowest BCUT2D eigenvalue weighted by Gasteiger charge is -2.32. The average molecular weight is 319 g/mol. The van der Waals surface area contributed by atoms with E-state index in [0.29, 0.717) is 11.7 Å². The van der Waals surface area contributed by atoms with Gasteiger partial charge in [-0.3, -0.25) is 9.30 Å². The molecule has 2 aromatic heterocycles. The molecule has 1 fully saturated rings. The number of fused-ring (bicyclic) bond motifs is 3. The number of rotatable bonds is 2. The molecule has 5 nitrogen and oxygen atoms in total. The maximum atomic E-state index is 9.61. The van der Waals surface area contributed by atoms with Crippen LogP contribution in [0, 0.1) is 18.3 Å². The molecule has 24 heavy (non-hydrogen) atoms. The van der Waals surface area contributed by atoms with Gasteiger partial charge in [0.15, 0.2) is 5.65 Å². The van der Waals surface area contributed by atoms with Crippen molar-refractivity contribution in [2.24, 2.45) is 0 Å². The molecule has 0 N–H and O–H groups in total. The molecule has 0 aliphatic carbocycles. The van der Waals surface area contributed by atoms with Crippen molar-refractivity contribution < 1.29 is 0 Å². The second-order valence-corrected chi connectivity index (χ2v) is 6.71. The molecule has 0 saturated carbocycles. The minimum absolute atomic E-state index is 0.377. The molecular formula is C19H21N5. The number of imidazole rings is 1. The largest absolute Gasteiger partial charge is 0.342 e. The summed E-state index contributed by atoms with van der Waals surface area (Å²) in [5, 5.41) is 9.61. The standard InChI is InChI=1S/C19H21N5/c1-13-11-18(23-10-6-9-17(23)22(2)3)24-16-8-5-4-7-15(16)21-19(24)14(13)12-20/h4-5,7-8,11,17H,6,9-10H2,1-3H3. The Bertz CT molecular complexity index is 963. The molecule has 1 aliphatic rings. The summed E-state index contributed by atoms with van der Waals surface area (Å²) in [5.74, 6) is 1.13. The molecular weight excluding hydrogens is 298 g/mol. The molecule has 1 saturated heterocycles. The van der Waals surface area contributed by atoms with E-state index < -0.39 is 0 Å². The fourth-order valence-electron chi connectivity index (χ4n) is 3.84. The van der Waals surface area contributed by atoms with Crippen LogP contribution in [0.25, 0.3) is 16.7 Å². The molecule has 1 aliphatic heterocycles. The van der Waals surface area contributed by atoms with Crippen molar-refractivity contribution in [2.45, 2.75) is 25.9 Å². The molecule has 0 radical (unpaired) electrons. The third-order valence-corrected chi connectivity index (χ3v) is 4.98. The van der Waals surface area contributed by atoms with Gasteiger partial charge in [0.25, 0.3) is 0 Å². The van der Waals surface area contributed by atoms with Crippen LogP contribution >= 0.6 is 0 Å². The Kier molecular flexibility index (Phi) is 3.43. The van der Waals surface area contributed by atoms with Crippen molar-refractivity contribution in [3.8, 4) is 6.07 Å². The van der Waals surface area contributed by atoms with Gasteiger partial charge in [0.1, 0.15) is 11.9 Å². The first-order valence-electron chi connectivity index (χ1n) is 8.36. The highest BCUT2D eigenvalue weighted by Crippen LogP contribution is 2.32. The van der Waals surface area contributed by atoms with E-state index in [1.165, 1.54) is 6.42 Å². The van der Waals surface area contributed by atoms with Gasteiger partial charge in [0.2, 0.25) is 0 Å². The zero-order valence-electron chi connectivity index (χ0n) is 14.3. The third kappa shape index (κ3) is 2.07. The summed E-state index contributed by atoms with van der Waals surface area (Å²) in [5.41, 5.74) is 4.40. The average Bonchev–Trinajstić information content (AvgIpc) is 3.19. The first kappa shape index (κ1) is 15.0. The highest BCUT2D eigenvalue weighted by molar-refractivity contribution is 5.85. The van der Waals surface area contributed by atoms with Gasteiger partial charge in [0.05, 0.1) is 22.8 Å². The van der Waals surface area contributed by atoms with E-state index in [1.54, 1.807) is 0 Å². The Morgan fingerprint density at radius 3 is 2.83 bits per heavy atom. The van der Waals surface area contributed by atoms with E-state index in [-0.39, 0.29) is 0 Å². The number of hydrogen-bond donors (Lipinski definition) is 0. The summed E-state index contributed by atoms with van der Waals surface area (Å²) >= 11 is 0. The predicted molar refractivity (Wildman–Crippen MR) is 96.2 cm³/mol. The molecule has 3 heterocycles. The lowest BCUT2D eigenvalue weighted by atomic mass is 10.1. The fourth-order valence-corrected chi connectivity index (χ4v) is 3.84. The Morgan fingerprint density at radius 1 is 1.29 bits per heavy atom. The molecule has 0 bridgehead atoms. The first-order chi connectivity index (χ1) is 11.6. The highest BCUT2D eigenvalue weighted by Gasteiger charge is 2.29. The van der Waals surface area contributed by atoms with Crippen molar-refractivity contribution in [3.63, 3.8) is 0 Å². The number of aryl methyl sites for hydroxylation is 1. The number of nitrogens with zero attached hydrogens (tertiary/aromatic N) is 5. The van der Waals surface area contributed by atoms with E-state index in [2.05, 4.69) is 46.5 Å². The van der Waals surface area contributed by atoms with Gasteiger partial charge in [-0.2, -0.15) is 5.26 Å². The molecule has 3 aromatic rings. The molecule has 1 aromatic carbocycles. The van der Waals surface area contributed by atoms with Gasteiger partial charge >= 0.3 is 0 Å². The summed E-state index contributed by atoms with van der Waals surface area (Å²) < 4.78 is 2.16. The quantitative estimate of drug-likeness (QED) is 0.728. The Labute approximate surface area is 141 Å². The van der Waals surface area contributed by atoms with Gasteiger partial charge in [-0.15, -0.1) is 0 Å². The number of nitriles is 1. The van der Waals surface area contributed by atoms with Crippen LogP contribution in [-0.4, -0.2) is 41.1 Å². The van der Waals surface area contributed by atoms with Crippen LogP contribution in [0.5, 0.6) is 0 Å². The second kappa shape index (κ2) is 5.50. The molecule has 1 atom stereocenters. The monoisotopic (exact) mass is 319 g/mol. The Morgan fingerprint density at radius 2 is 2.08 bits per heavy atom. The van der Waals surface area contributed by atoms with Crippen LogP contribution in [0.2, 0.25) is 0 Å². The van der Waals surface area contributed by atoms with Crippen LogP contribution in [0.1, 0.15) is 24.0 Å². The zero-order chi connectivity index (χ0) is 16.8. The minimum atomic E-state index is 0.377. The van der Waals surface area contributed by atoms with Crippen molar-refractivity contribution in [2.75, 3.05) is 25.5 Å². The highest BCUT2D eigenvalue weighted by atomic mass is 15.4. The van der Waals surface area contributed by atoms with Crippen LogP contribution in [0.3, 0.4) is 0 Å². The molecule has 5 heteroatoms. The van der Waals surface area contributed by atoms with Crippen molar-refractivity contribution in [1.29, 1.82) is 5.26 Å². The van der Waals surface area contributed by atoms with Gasteiger partial charge < -0.3 is 4.90 Å². The molecule has 4 rings (SSSR count). The van der Waals surface area contributed by atoms with Crippen LogP contribution in [0.15, 0.2) is 30.3 Å². The molecule has 122 valence electrons. The second-order valence-electron chi connectivity index (χ2n) is 6.71. The lowest BCUT2D eigenvalue weighted by molar-refractivity contribution is 0.300. The van der Waals surface area contributed by atoms with E-state index >= 15 is 0 Å². The van der Waals surface area contributed by atoms with E-state index in [9.17, 15) is 5.26 Å². The fraction of sp³-hybridized carbons (Fsp3) is 0.368. The van der Waals surface area contributed by atoms with E-state index in [0.717, 1.165) is 41.0 Å². The number of para-hydroxylation sites is 2. The Balaban J connectivity index is 2.07. The van der Waals surface area contributed by atoms with Gasteiger partial charge in [-0.25, -0.2) is 4.98 Å². The summed E-state index contributed by atoms with van der Waals surface area (Å²) in [7, 11) is 4.26. The molecule has 0 spiro atoms. The third-order valence-electron chi connectivity index (χ3n) is 4.98. The number of pyridine rings is 1. The van der Waals surface area contributed by atoms with Crippen molar-refractivity contribution >= 4 is 22.5 Å². The zero-order valence-corrected chi connectivity index (χ0v) is 14.3. The van der Waals surface area contributed by atoms with Crippen molar-refractivity contribution in [3.05, 3.63) is 41.5 Å². The number of hydrogen-bond acceptors (Lipinski definition) is 4. The van der Waals surface area contributed by atoms with Crippen LogP contribution in [0.4, 0.5) is 5.82 Å². The van der Waals surface area contributed by atoms with Gasteiger partial charge in [-0.05, 0) is 57.6 Å². The van der Waals surface area contributed by atoms with Crippen LogP contribution in [-0.2, 0) is 0 Å². The number of aromatic nitrogens is 2. The maximum absolute atomic E-state index is 9.61. The summed E-state index contributed by atoms with van der Waals surface area (Å²) in [6.07, 6.45) is 2.71. The smallest absolute Gasteiger partial charge is 0.157 e. The number of benzene rings is 1. The minimum Gasteiger partial charge on any atom is -0.342 e. The van der Waals surface area contributed by atoms with Crippen molar-refractivity contribution in [1.82, 2.24) is 14.3 Å². The van der Waals surface area contributed by atoms with Gasteiger partial charge in [-0.1, -0.05) is 12.1 Å². The summed E-state index contributed by atoms with van der Waals surface area (Å²) in [6.45, 7) is 3.03. The number of anilines is 1.